The van der Waals surface area contributed by atoms with Crippen molar-refractivity contribution in [3.8, 4) is 0 Å². The predicted octanol–water partition coefficient (Wildman–Crippen LogP) is 1.73. The van der Waals surface area contributed by atoms with E-state index in [1.807, 2.05) is 0 Å². The lowest BCUT2D eigenvalue weighted by Crippen LogP contribution is -2.55. The number of nitrogens with two attached hydrogens (primary N) is 1. The Kier molecular flexibility index (Phi) is 4.91. The van der Waals surface area contributed by atoms with E-state index in [0.29, 0.717) is 11.8 Å². The zero-order valence-electron chi connectivity index (χ0n) is 12.9. The summed E-state index contributed by atoms with van der Waals surface area (Å²) in [5, 5.41) is 0. The largest absolute Gasteiger partial charge is 0.374 e. The number of hydrogen-bond acceptors (Lipinski definition) is 4. The second kappa shape index (κ2) is 6.88. The van der Waals surface area contributed by atoms with Crippen LogP contribution in [0.4, 0.5) is 0 Å². The summed E-state index contributed by atoms with van der Waals surface area (Å²) in [5.74, 6) is 7.09. The summed E-state index contributed by atoms with van der Waals surface area (Å²) in [5.41, 5.74) is 4.48. The molecule has 2 fully saturated rings. The maximum atomic E-state index is 6.01. The zero-order valence-corrected chi connectivity index (χ0v) is 12.9. The highest BCUT2D eigenvalue weighted by Gasteiger charge is 2.47. The Hall–Kier alpha value is -0.940. The third-order valence-electron chi connectivity index (χ3n) is 4.84. The Labute approximate surface area is 127 Å². The molecule has 4 unspecified atom stereocenters. The molecule has 2 aliphatic rings. The molecule has 1 aromatic rings. The topological polar surface area (TPSA) is 50.5 Å². The number of morpholine rings is 1. The van der Waals surface area contributed by atoms with Gasteiger partial charge in [0.2, 0.25) is 0 Å². The monoisotopic (exact) mass is 289 g/mol. The van der Waals surface area contributed by atoms with Gasteiger partial charge in [0.05, 0.1) is 18.8 Å². The Morgan fingerprint density at radius 2 is 2.19 bits per heavy atom. The molecule has 21 heavy (non-hydrogen) atoms. The molecule has 3 N–H and O–H groups in total. The molecule has 0 amide bonds. The standard InChI is InChI=1S/C17H27N3O/c1-2-8-20-9-10-21-16(12-20)17(19-18)15-11-14(15)13-6-4-3-5-7-13/h3-7,14-17,19H,2,8-12,18H2,1H3. The minimum atomic E-state index is 0.217. The third kappa shape index (κ3) is 3.46. The molecule has 4 atom stereocenters. The van der Waals surface area contributed by atoms with Crippen LogP contribution in [-0.4, -0.2) is 43.3 Å². The molecule has 116 valence electrons. The summed E-state index contributed by atoms with van der Waals surface area (Å²) in [6.07, 6.45) is 2.63. The van der Waals surface area contributed by atoms with Crippen molar-refractivity contribution in [1.29, 1.82) is 0 Å². The Bertz CT molecular complexity index is 437. The number of benzene rings is 1. The molecular formula is C17H27N3O. The van der Waals surface area contributed by atoms with E-state index in [-0.39, 0.29) is 12.1 Å². The van der Waals surface area contributed by atoms with Crippen molar-refractivity contribution in [2.45, 2.75) is 37.8 Å². The van der Waals surface area contributed by atoms with Crippen LogP contribution in [-0.2, 0) is 4.74 Å². The Balaban J connectivity index is 1.61. The highest BCUT2D eigenvalue weighted by atomic mass is 16.5. The van der Waals surface area contributed by atoms with E-state index < -0.39 is 0 Å². The maximum absolute atomic E-state index is 6.01. The molecular weight excluding hydrogens is 262 g/mol. The fraction of sp³-hybridized carbons (Fsp3) is 0.647. The summed E-state index contributed by atoms with van der Waals surface area (Å²) < 4.78 is 6.01. The van der Waals surface area contributed by atoms with Crippen molar-refractivity contribution in [3.05, 3.63) is 35.9 Å². The zero-order chi connectivity index (χ0) is 14.7. The van der Waals surface area contributed by atoms with Crippen molar-refractivity contribution in [3.63, 3.8) is 0 Å². The molecule has 1 aromatic carbocycles. The van der Waals surface area contributed by atoms with E-state index in [1.54, 1.807) is 0 Å². The van der Waals surface area contributed by atoms with Crippen LogP contribution in [0.15, 0.2) is 30.3 Å². The quantitative estimate of drug-likeness (QED) is 0.618. The van der Waals surface area contributed by atoms with Crippen molar-refractivity contribution < 1.29 is 4.74 Å². The van der Waals surface area contributed by atoms with Gasteiger partial charge in [-0.15, -0.1) is 0 Å². The number of nitrogens with one attached hydrogen (secondary N) is 1. The Morgan fingerprint density at radius 1 is 1.38 bits per heavy atom. The molecule has 3 rings (SSSR count). The second-order valence-corrected chi connectivity index (χ2v) is 6.32. The van der Waals surface area contributed by atoms with Gasteiger partial charge in [0.1, 0.15) is 0 Å². The number of ether oxygens (including phenoxy) is 1. The fourth-order valence-corrected chi connectivity index (χ4v) is 3.67. The normalized spacial score (nSPS) is 31.0. The van der Waals surface area contributed by atoms with Crippen LogP contribution >= 0.6 is 0 Å². The van der Waals surface area contributed by atoms with Crippen LogP contribution in [0.1, 0.15) is 31.2 Å². The van der Waals surface area contributed by atoms with Crippen molar-refractivity contribution in [2.24, 2.45) is 11.8 Å². The van der Waals surface area contributed by atoms with Crippen LogP contribution in [0.5, 0.6) is 0 Å². The highest BCUT2D eigenvalue weighted by Crippen LogP contribution is 2.50. The highest BCUT2D eigenvalue weighted by molar-refractivity contribution is 5.27. The molecule has 1 aliphatic heterocycles. The van der Waals surface area contributed by atoms with Gasteiger partial charge in [0.25, 0.3) is 0 Å². The predicted molar refractivity (Wildman–Crippen MR) is 84.9 cm³/mol. The van der Waals surface area contributed by atoms with Crippen LogP contribution in [0, 0.1) is 5.92 Å². The van der Waals surface area contributed by atoms with E-state index in [1.165, 1.54) is 18.4 Å². The smallest absolute Gasteiger partial charge is 0.0871 e. The maximum Gasteiger partial charge on any atom is 0.0871 e. The van der Waals surface area contributed by atoms with E-state index in [0.717, 1.165) is 26.2 Å². The van der Waals surface area contributed by atoms with Gasteiger partial charge in [-0.1, -0.05) is 37.3 Å². The van der Waals surface area contributed by atoms with Gasteiger partial charge in [-0.3, -0.25) is 16.2 Å². The molecule has 4 heteroatoms. The molecule has 4 nitrogen and oxygen atoms in total. The summed E-state index contributed by atoms with van der Waals surface area (Å²) in [6.45, 7) is 6.26. The van der Waals surface area contributed by atoms with Crippen LogP contribution in [0.3, 0.4) is 0 Å². The minimum Gasteiger partial charge on any atom is -0.374 e. The fourth-order valence-electron chi connectivity index (χ4n) is 3.67. The van der Waals surface area contributed by atoms with Gasteiger partial charge < -0.3 is 4.74 Å². The lowest BCUT2D eigenvalue weighted by atomic mass is 10.0. The van der Waals surface area contributed by atoms with Crippen molar-refractivity contribution in [1.82, 2.24) is 10.3 Å². The second-order valence-electron chi connectivity index (χ2n) is 6.32. The minimum absolute atomic E-state index is 0.217. The van der Waals surface area contributed by atoms with E-state index in [4.69, 9.17) is 10.6 Å². The molecule has 0 aromatic heterocycles. The molecule has 0 bridgehead atoms. The first kappa shape index (κ1) is 15.0. The number of hydrazine groups is 1. The third-order valence-corrected chi connectivity index (χ3v) is 4.84. The van der Waals surface area contributed by atoms with Gasteiger partial charge in [0, 0.05) is 13.1 Å². The van der Waals surface area contributed by atoms with Crippen molar-refractivity contribution in [2.75, 3.05) is 26.2 Å². The van der Waals surface area contributed by atoms with Gasteiger partial charge in [-0.2, -0.15) is 0 Å². The van der Waals surface area contributed by atoms with E-state index in [9.17, 15) is 0 Å². The summed E-state index contributed by atoms with van der Waals surface area (Å²) in [7, 11) is 0. The van der Waals surface area contributed by atoms with Crippen LogP contribution in [0.25, 0.3) is 0 Å². The lowest BCUT2D eigenvalue weighted by molar-refractivity contribution is -0.0503. The number of nitrogens with zero attached hydrogens (tertiary/aromatic N) is 1. The molecule has 0 radical (unpaired) electrons. The summed E-state index contributed by atoms with van der Waals surface area (Å²) >= 11 is 0. The summed E-state index contributed by atoms with van der Waals surface area (Å²) in [4.78, 5) is 2.50. The van der Waals surface area contributed by atoms with Crippen LogP contribution < -0.4 is 11.3 Å². The molecule has 0 spiro atoms. The first-order valence-electron chi connectivity index (χ1n) is 8.18. The first-order chi connectivity index (χ1) is 10.3. The Morgan fingerprint density at radius 3 is 2.90 bits per heavy atom. The average molecular weight is 289 g/mol. The summed E-state index contributed by atoms with van der Waals surface area (Å²) in [6, 6.07) is 11.0. The van der Waals surface area contributed by atoms with Gasteiger partial charge in [0.15, 0.2) is 0 Å². The van der Waals surface area contributed by atoms with Gasteiger partial charge in [-0.25, -0.2) is 0 Å². The molecule has 1 heterocycles. The van der Waals surface area contributed by atoms with Gasteiger partial charge >= 0.3 is 0 Å². The molecule has 1 aliphatic carbocycles. The molecule has 1 saturated heterocycles. The average Bonchev–Trinajstić information content (AvgIpc) is 3.30. The van der Waals surface area contributed by atoms with Crippen LogP contribution in [0.2, 0.25) is 0 Å². The number of hydrogen-bond donors (Lipinski definition) is 2. The lowest BCUT2D eigenvalue weighted by Gasteiger charge is -2.37. The van der Waals surface area contributed by atoms with E-state index >= 15 is 0 Å². The van der Waals surface area contributed by atoms with Crippen molar-refractivity contribution >= 4 is 0 Å². The van der Waals surface area contributed by atoms with Gasteiger partial charge in [-0.05, 0) is 36.8 Å². The molecule has 1 saturated carbocycles. The first-order valence-corrected chi connectivity index (χ1v) is 8.18. The number of rotatable bonds is 6. The van der Waals surface area contributed by atoms with E-state index in [2.05, 4.69) is 47.6 Å². The SMILES string of the molecule is CCCN1CCOC(C(NN)C2CC2c2ccccc2)C1.